The first kappa shape index (κ1) is 12.5. The van der Waals surface area contributed by atoms with Crippen molar-refractivity contribution in [2.24, 2.45) is 0 Å². The molecule has 0 bridgehead atoms. The molecule has 0 saturated heterocycles. The van der Waals surface area contributed by atoms with Crippen LogP contribution >= 0.6 is 0 Å². The summed E-state index contributed by atoms with van der Waals surface area (Å²) in [7, 11) is 3.37. The lowest BCUT2D eigenvalue weighted by Gasteiger charge is -2.18. The third kappa shape index (κ3) is 2.49. The third-order valence-electron chi connectivity index (χ3n) is 2.81. The minimum absolute atomic E-state index is 0.236. The summed E-state index contributed by atoms with van der Waals surface area (Å²) in [5.41, 5.74) is 1.46. The van der Waals surface area contributed by atoms with Gasteiger partial charge in [0.15, 0.2) is 0 Å². The minimum Gasteiger partial charge on any atom is -0.495 e. The molecule has 3 nitrogen and oxygen atoms in total. The van der Waals surface area contributed by atoms with Crippen molar-refractivity contribution in [2.75, 3.05) is 14.2 Å². The lowest BCUT2D eigenvalue weighted by Crippen LogP contribution is -2.19. The van der Waals surface area contributed by atoms with Crippen LogP contribution in [0.15, 0.2) is 42.7 Å². The molecule has 1 aromatic heterocycles. The fraction of sp³-hybridized carbons (Fsp3) is 0.214. The molecule has 94 valence electrons. The van der Waals surface area contributed by atoms with Crippen LogP contribution in [0, 0.1) is 5.82 Å². The molecule has 1 unspecified atom stereocenters. The Morgan fingerprint density at radius 1 is 1.28 bits per heavy atom. The average Bonchev–Trinajstić information content (AvgIpc) is 2.42. The van der Waals surface area contributed by atoms with E-state index in [0.717, 1.165) is 5.56 Å². The van der Waals surface area contributed by atoms with Crippen LogP contribution in [0.5, 0.6) is 5.75 Å². The molecule has 18 heavy (non-hydrogen) atoms. The maximum Gasteiger partial charge on any atom is 0.137 e. The number of ether oxygens (including phenoxy) is 1. The number of pyridine rings is 1. The van der Waals surface area contributed by atoms with Gasteiger partial charge < -0.3 is 10.1 Å². The van der Waals surface area contributed by atoms with E-state index in [1.165, 1.54) is 6.07 Å². The molecule has 4 heteroatoms. The van der Waals surface area contributed by atoms with E-state index in [1.807, 2.05) is 12.1 Å². The van der Waals surface area contributed by atoms with Gasteiger partial charge in [0.1, 0.15) is 11.6 Å². The zero-order valence-electron chi connectivity index (χ0n) is 10.4. The van der Waals surface area contributed by atoms with Gasteiger partial charge in [-0.25, -0.2) is 4.39 Å². The fourth-order valence-corrected chi connectivity index (χ4v) is 1.92. The number of nitrogens with zero attached hydrogens (tertiary/aromatic N) is 1. The smallest absolute Gasteiger partial charge is 0.137 e. The van der Waals surface area contributed by atoms with Gasteiger partial charge in [0, 0.05) is 11.8 Å². The van der Waals surface area contributed by atoms with Gasteiger partial charge >= 0.3 is 0 Å². The first-order valence-corrected chi connectivity index (χ1v) is 5.67. The molecular weight excluding hydrogens is 231 g/mol. The molecular formula is C14H15FN2O. The molecule has 0 radical (unpaired) electrons. The molecule has 2 aromatic rings. The van der Waals surface area contributed by atoms with Crippen LogP contribution in [0.3, 0.4) is 0 Å². The largest absolute Gasteiger partial charge is 0.495 e. The van der Waals surface area contributed by atoms with Crippen molar-refractivity contribution in [3.8, 4) is 5.75 Å². The monoisotopic (exact) mass is 246 g/mol. The number of aromatic nitrogens is 1. The second-order valence-corrected chi connectivity index (χ2v) is 3.90. The molecule has 2 rings (SSSR count). The highest BCUT2D eigenvalue weighted by atomic mass is 19.1. The predicted octanol–water partition coefficient (Wildman–Crippen LogP) is 2.54. The summed E-state index contributed by atoms with van der Waals surface area (Å²) in [6, 6.07) is 8.31. The van der Waals surface area contributed by atoms with Gasteiger partial charge in [-0.2, -0.15) is 0 Å². The molecule has 0 fully saturated rings. The fourth-order valence-electron chi connectivity index (χ4n) is 1.92. The lowest BCUT2D eigenvalue weighted by atomic mass is 10.00. The van der Waals surface area contributed by atoms with Crippen LogP contribution in [0.4, 0.5) is 4.39 Å². The van der Waals surface area contributed by atoms with Crippen molar-refractivity contribution in [2.45, 2.75) is 6.04 Å². The summed E-state index contributed by atoms with van der Waals surface area (Å²) in [5, 5.41) is 3.09. The zero-order chi connectivity index (χ0) is 13.0. The van der Waals surface area contributed by atoms with E-state index >= 15 is 0 Å². The van der Waals surface area contributed by atoms with Crippen molar-refractivity contribution in [3.63, 3.8) is 0 Å². The first-order valence-electron chi connectivity index (χ1n) is 5.67. The summed E-state index contributed by atoms with van der Waals surface area (Å²) in [6.07, 6.45) is 3.33. The van der Waals surface area contributed by atoms with Crippen molar-refractivity contribution in [1.82, 2.24) is 10.3 Å². The molecule has 1 aromatic carbocycles. The van der Waals surface area contributed by atoms with E-state index in [9.17, 15) is 4.39 Å². The topological polar surface area (TPSA) is 34.2 Å². The third-order valence-corrected chi connectivity index (χ3v) is 2.81. The number of benzene rings is 1. The van der Waals surface area contributed by atoms with Gasteiger partial charge in [0.2, 0.25) is 0 Å². The second-order valence-electron chi connectivity index (χ2n) is 3.90. The molecule has 0 aliphatic rings. The van der Waals surface area contributed by atoms with E-state index in [1.54, 1.807) is 38.7 Å². The van der Waals surface area contributed by atoms with Gasteiger partial charge in [-0.15, -0.1) is 0 Å². The van der Waals surface area contributed by atoms with Gasteiger partial charge in [0.25, 0.3) is 0 Å². The molecule has 0 amide bonds. The highest BCUT2D eigenvalue weighted by Crippen LogP contribution is 2.25. The first-order chi connectivity index (χ1) is 8.76. The molecule has 0 saturated carbocycles. The van der Waals surface area contributed by atoms with E-state index < -0.39 is 0 Å². The van der Waals surface area contributed by atoms with Crippen molar-refractivity contribution < 1.29 is 9.13 Å². The van der Waals surface area contributed by atoms with E-state index in [4.69, 9.17) is 4.74 Å². The highest BCUT2D eigenvalue weighted by Gasteiger charge is 2.16. The lowest BCUT2D eigenvalue weighted by molar-refractivity contribution is 0.411. The standard InChI is InChI=1S/C14H15FN2O/c1-16-14(12-5-3-4-6-13(12)15)10-7-11(18-2)9-17-8-10/h3-9,14,16H,1-2H3. The number of methoxy groups -OCH3 is 1. The maximum atomic E-state index is 13.8. The van der Waals surface area contributed by atoms with Crippen molar-refractivity contribution >= 4 is 0 Å². The Labute approximate surface area is 106 Å². The van der Waals surface area contributed by atoms with E-state index in [2.05, 4.69) is 10.3 Å². The van der Waals surface area contributed by atoms with Crippen molar-refractivity contribution in [3.05, 3.63) is 59.7 Å². The number of halogens is 1. The van der Waals surface area contributed by atoms with E-state index in [-0.39, 0.29) is 11.9 Å². The SMILES string of the molecule is CNC(c1cncc(OC)c1)c1ccccc1F. The zero-order valence-corrected chi connectivity index (χ0v) is 10.4. The van der Waals surface area contributed by atoms with Crippen LogP contribution in [0.1, 0.15) is 17.2 Å². The Kier molecular flexibility index (Phi) is 3.89. The van der Waals surface area contributed by atoms with Crippen LogP contribution in [0.25, 0.3) is 0 Å². The predicted molar refractivity (Wildman–Crippen MR) is 68.1 cm³/mol. The molecule has 0 aliphatic carbocycles. The Balaban J connectivity index is 2.42. The van der Waals surface area contributed by atoms with Gasteiger partial charge in [0.05, 0.1) is 19.3 Å². The summed E-state index contributed by atoms with van der Waals surface area (Å²) in [5.74, 6) is 0.420. The molecule has 1 heterocycles. The van der Waals surface area contributed by atoms with Gasteiger partial charge in [-0.1, -0.05) is 18.2 Å². The Morgan fingerprint density at radius 2 is 2.06 bits per heavy atom. The number of hydrogen-bond donors (Lipinski definition) is 1. The molecule has 1 atom stereocenters. The van der Waals surface area contributed by atoms with Crippen LogP contribution < -0.4 is 10.1 Å². The summed E-state index contributed by atoms with van der Waals surface area (Å²) < 4.78 is 18.9. The number of rotatable bonds is 4. The Morgan fingerprint density at radius 3 is 2.72 bits per heavy atom. The molecule has 0 spiro atoms. The van der Waals surface area contributed by atoms with Gasteiger partial charge in [-0.3, -0.25) is 4.98 Å². The second kappa shape index (κ2) is 5.60. The Hall–Kier alpha value is -1.94. The summed E-state index contributed by atoms with van der Waals surface area (Å²) in [4.78, 5) is 4.09. The van der Waals surface area contributed by atoms with Crippen LogP contribution in [0.2, 0.25) is 0 Å². The molecule has 1 N–H and O–H groups in total. The van der Waals surface area contributed by atoms with Crippen LogP contribution in [-0.4, -0.2) is 19.1 Å². The number of hydrogen-bond acceptors (Lipinski definition) is 3. The molecule has 0 aliphatic heterocycles. The maximum absolute atomic E-state index is 13.8. The highest BCUT2D eigenvalue weighted by molar-refractivity contribution is 5.34. The van der Waals surface area contributed by atoms with Crippen LogP contribution in [-0.2, 0) is 0 Å². The Bertz CT molecular complexity index is 531. The average molecular weight is 246 g/mol. The van der Waals surface area contributed by atoms with E-state index in [0.29, 0.717) is 11.3 Å². The summed E-state index contributed by atoms with van der Waals surface area (Å²) in [6.45, 7) is 0. The van der Waals surface area contributed by atoms with Gasteiger partial charge in [-0.05, 0) is 24.7 Å². The summed E-state index contributed by atoms with van der Waals surface area (Å²) >= 11 is 0. The quantitative estimate of drug-likeness (QED) is 0.900. The normalized spacial score (nSPS) is 12.2. The minimum atomic E-state index is -0.242. The van der Waals surface area contributed by atoms with Crippen molar-refractivity contribution in [1.29, 1.82) is 0 Å². The number of nitrogens with one attached hydrogen (secondary N) is 1.